The molecule has 0 aliphatic carbocycles. The summed E-state index contributed by atoms with van der Waals surface area (Å²) in [5.74, 6) is -2.25. The van der Waals surface area contributed by atoms with E-state index in [0.29, 0.717) is 0 Å². The molecule has 106 valence electrons. The van der Waals surface area contributed by atoms with Gasteiger partial charge in [0.2, 0.25) is 0 Å². The summed E-state index contributed by atoms with van der Waals surface area (Å²) in [7, 11) is 0. The number of carboxylic acids is 1. The summed E-state index contributed by atoms with van der Waals surface area (Å²) < 4.78 is 5.32. The van der Waals surface area contributed by atoms with Crippen molar-refractivity contribution in [3.63, 3.8) is 0 Å². The minimum atomic E-state index is -1.03. The zero-order chi connectivity index (χ0) is 14.6. The van der Waals surface area contributed by atoms with Crippen LogP contribution in [0.15, 0.2) is 17.5 Å². The lowest BCUT2D eigenvalue weighted by Gasteiger charge is -2.26. The lowest BCUT2D eigenvalue weighted by atomic mass is 9.95. The van der Waals surface area contributed by atoms with Gasteiger partial charge in [0.1, 0.15) is 11.5 Å². The molecule has 0 fully saturated rings. The van der Waals surface area contributed by atoms with Crippen LogP contribution in [-0.2, 0) is 14.3 Å². The van der Waals surface area contributed by atoms with Crippen LogP contribution in [0, 0.1) is 0 Å². The number of ether oxygens (including phenoxy) is 1. The number of aliphatic carboxylic acids is 1. The predicted molar refractivity (Wildman–Crippen MR) is 73.1 cm³/mol. The van der Waals surface area contributed by atoms with Crippen molar-refractivity contribution in [1.29, 1.82) is 0 Å². The van der Waals surface area contributed by atoms with Gasteiger partial charge < -0.3 is 15.6 Å². The van der Waals surface area contributed by atoms with Crippen LogP contribution in [0.2, 0.25) is 0 Å². The third kappa shape index (κ3) is 5.00. The fourth-order valence-electron chi connectivity index (χ4n) is 1.65. The van der Waals surface area contributed by atoms with Gasteiger partial charge in [-0.15, -0.1) is 11.3 Å². The number of hydrogen-bond acceptors (Lipinski definition) is 5. The Morgan fingerprint density at radius 1 is 1.47 bits per heavy atom. The minimum Gasteiger partial charge on any atom is -0.481 e. The van der Waals surface area contributed by atoms with E-state index in [9.17, 15) is 9.59 Å². The third-order valence-electron chi connectivity index (χ3n) is 2.35. The Kier molecular flexibility index (Phi) is 5.08. The summed E-state index contributed by atoms with van der Waals surface area (Å²) in [6.07, 6.45) is -0.276. The van der Waals surface area contributed by atoms with E-state index in [1.807, 2.05) is 5.38 Å². The molecule has 1 aromatic rings. The van der Waals surface area contributed by atoms with Gasteiger partial charge in [0.05, 0.1) is 6.42 Å². The molecule has 3 N–H and O–H groups in total. The zero-order valence-corrected chi connectivity index (χ0v) is 12.1. The van der Waals surface area contributed by atoms with E-state index in [4.69, 9.17) is 15.6 Å². The third-order valence-corrected chi connectivity index (χ3v) is 3.30. The fraction of sp³-hybridized carbons (Fsp3) is 0.538. The monoisotopic (exact) mass is 285 g/mol. The van der Waals surface area contributed by atoms with Gasteiger partial charge in [0.15, 0.2) is 0 Å². The molecule has 19 heavy (non-hydrogen) atoms. The molecule has 1 rings (SSSR count). The average Bonchev–Trinajstić information content (AvgIpc) is 2.66. The number of carboxylic acid groups (broad SMARTS) is 1. The van der Waals surface area contributed by atoms with E-state index in [1.54, 1.807) is 32.9 Å². The number of thiophene rings is 1. The molecule has 1 heterocycles. The lowest BCUT2D eigenvalue weighted by Crippen LogP contribution is -2.38. The van der Waals surface area contributed by atoms with Crippen molar-refractivity contribution in [1.82, 2.24) is 0 Å². The van der Waals surface area contributed by atoms with Crippen molar-refractivity contribution >= 4 is 23.3 Å². The van der Waals surface area contributed by atoms with Gasteiger partial charge in [-0.1, -0.05) is 6.07 Å². The first-order chi connectivity index (χ1) is 8.70. The summed E-state index contributed by atoms with van der Waals surface area (Å²) in [6.45, 7) is 5.29. The first kappa shape index (κ1) is 15.7. The quantitative estimate of drug-likeness (QED) is 0.807. The van der Waals surface area contributed by atoms with Gasteiger partial charge in [-0.3, -0.25) is 9.59 Å². The molecule has 0 bridgehead atoms. The van der Waals surface area contributed by atoms with E-state index in [1.165, 1.54) is 11.3 Å². The van der Waals surface area contributed by atoms with Gasteiger partial charge in [0.25, 0.3) is 0 Å². The maximum absolute atomic E-state index is 12.2. The van der Waals surface area contributed by atoms with Gasteiger partial charge in [-0.05, 0) is 32.2 Å². The molecule has 0 spiro atoms. The molecule has 0 unspecified atom stereocenters. The average molecular weight is 285 g/mol. The summed E-state index contributed by atoms with van der Waals surface area (Å²) in [6, 6.07) is 2.76. The van der Waals surface area contributed by atoms with E-state index in [-0.39, 0.29) is 6.42 Å². The highest BCUT2D eigenvalue weighted by Crippen LogP contribution is 2.28. The SMILES string of the molecule is CC(C)(C)OC(=O)[C@@H](c1cccs1)[C@@H](N)CC(=O)O. The van der Waals surface area contributed by atoms with Crippen LogP contribution >= 0.6 is 11.3 Å². The molecule has 1 aromatic heterocycles. The summed E-state index contributed by atoms with van der Waals surface area (Å²) in [5.41, 5.74) is 5.23. The Hall–Kier alpha value is -1.40. The lowest BCUT2D eigenvalue weighted by molar-refractivity contribution is -0.157. The molecule has 0 amide bonds. The Labute approximate surface area is 116 Å². The largest absolute Gasteiger partial charge is 0.481 e. The summed E-state index contributed by atoms with van der Waals surface area (Å²) in [5, 5.41) is 10.6. The van der Waals surface area contributed by atoms with Gasteiger partial charge in [-0.2, -0.15) is 0 Å². The van der Waals surface area contributed by atoms with Crippen molar-refractivity contribution in [3.05, 3.63) is 22.4 Å². The number of hydrogen-bond donors (Lipinski definition) is 2. The van der Waals surface area contributed by atoms with Crippen LogP contribution in [0.5, 0.6) is 0 Å². The number of carbonyl (C=O) groups excluding carboxylic acids is 1. The Balaban J connectivity index is 2.93. The second-order valence-corrected chi connectivity index (χ2v) is 6.27. The van der Waals surface area contributed by atoms with Crippen molar-refractivity contribution in [2.24, 2.45) is 5.73 Å². The van der Waals surface area contributed by atoms with E-state index in [2.05, 4.69) is 0 Å². The zero-order valence-electron chi connectivity index (χ0n) is 11.3. The van der Waals surface area contributed by atoms with Crippen molar-refractivity contribution < 1.29 is 19.4 Å². The highest BCUT2D eigenvalue weighted by molar-refractivity contribution is 7.10. The van der Waals surface area contributed by atoms with Crippen LogP contribution in [0.1, 0.15) is 38.0 Å². The Bertz CT molecular complexity index is 436. The normalized spacial score (nSPS) is 14.7. The van der Waals surface area contributed by atoms with E-state index < -0.39 is 29.5 Å². The molecule has 0 aromatic carbocycles. The second-order valence-electron chi connectivity index (χ2n) is 5.29. The van der Waals surface area contributed by atoms with Crippen LogP contribution < -0.4 is 5.73 Å². The molecule has 5 nitrogen and oxygen atoms in total. The molecule has 0 saturated heterocycles. The number of esters is 1. The predicted octanol–water partition coefficient (Wildman–Crippen LogP) is 1.98. The van der Waals surface area contributed by atoms with Crippen LogP contribution in [0.3, 0.4) is 0 Å². The smallest absolute Gasteiger partial charge is 0.316 e. The van der Waals surface area contributed by atoms with Crippen LogP contribution in [-0.4, -0.2) is 28.7 Å². The van der Waals surface area contributed by atoms with Gasteiger partial charge >= 0.3 is 11.9 Å². The number of carbonyl (C=O) groups is 2. The highest BCUT2D eigenvalue weighted by Gasteiger charge is 2.33. The molecule has 0 radical (unpaired) electrons. The highest BCUT2D eigenvalue weighted by atomic mass is 32.1. The van der Waals surface area contributed by atoms with Crippen molar-refractivity contribution in [2.75, 3.05) is 0 Å². The molecule has 2 atom stereocenters. The van der Waals surface area contributed by atoms with Crippen molar-refractivity contribution in [3.8, 4) is 0 Å². The maximum atomic E-state index is 12.2. The fourth-order valence-corrected chi connectivity index (χ4v) is 2.54. The Morgan fingerprint density at radius 2 is 2.11 bits per heavy atom. The van der Waals surface area contributed by atoms with E-state index >= 15 is 0 Å². The molecule has 0 saturated carbocycles. The first-order valence-corrected chi connectivity index (χ1v) is 6.82. The number of rotatable bonds is 5. The molecular formula is C13H19NO4S. The topological polar surface area (TPSA) is 89.6 Å². The van der Waals surface area contributed by atoms with Gasteiger partial charge in [-0.25, -0.2) is 0 Å². The molecular weight excluding hydrogens is 266 g/mol. The molecule has 6 heteroatoms. The summed E-state index contributed by atoms with van der Waals surface area (Å²) >= 11 is 1.37. The van der Waals surface area contributed by atoms with Crippen LogP contribution in [0.4, 0.5) is 0 Å². The Morgan fingerprint density at radius 3 is 2.53 bits per heavy atom. The standard InChI is InChI=1S/C13H19NO4S/c1-13(2,3)18-12(17)11(8(14)7-10(15)16)9-5-4-6-19-9/h4-6,8,11H,7,14H2,1-3H3,(H,15,16)/t8-,11+/m0/s1. The summed E-state index contributed by atoms with van der Waals surface area (Å²) in [4.78, 5) is 23.7. The molecule has 0 aliphatic heterocycles. The first-order valence-electron chi connectivity index (χ1n) is 5.94. The molecule has 0 aliphatic rings. The minimum absolute atomic E-state index is 0.276. The maximum Gasteiger partial charge on any atom is 0.316 e. The second kappa shape index (κ2) is 6.16. The number of nitrogens with two attached hydrogens (primary N) is 1. The van der Waals surface area contributed by atoms with Crippen molar-refractivity contribution in [2.45, 2.75) is 44.8 Å². The van der Waals surface area contributed by atoms with Gasteiger partial charge in [0, 0.05) is 10.9 Å². The van der Waals surface area contributed by atoms with Crippen LogP contribution in [0.25, 0.3) is 0 Å². The van der Waals surface area contributed by atoms with E-state index in [0.717, 1.165) is 4.88 Å².